The predicted octanol–water partition coefficient (Wildman–Crippen LogP) is 6.00. The van der Waals surface area contributed by atoms with Crippen molar-refractivity contribution in [1.29, 1.82) is 5.26 Å². The molecule has 1 unspecified atom stereocenters. The molecule has 1 heterocycles. The van der Waals surface area contributed by atoms with Crippen LogP contribution in [-0.2, 0) is 13.0 Å². The van der Waals surface area contributed by atoms with Crippen LogP contribution in [0, 0.1) is 11.3 Å². The fourth-order valence-corrected chi connectivity index (χ4v) is 3.67. The molecule has 2 nitrogen and oxygen atoms in total. The highest BCUT2D eigenvalue weighted by atomic mass is 35.5. The number of nitrogens with zero attached hydrogens (tertiary/aromatic N) is 2. The Morgan fingerprint density at radius 3 is 2.36 bits per heavy atom. The van der Waals surface area contributed by atoms with Crippen LogP contribution in [0.25, 0.3) is 10.8 Å². The number of allylic oxidation sites excluding steroid dienone is 1. The van der Waals surface area contributed by atoms with Gasteiger partial charge in [-0.2, -0.15) is 5.26 Å². The second kappa shape index (κ2) is 7.59. The van der Waals surface area contributed by atoms with Crippen LogP contribution in [0.4, 0.5) is 0 Å². The maximum absolute atomic E-state index is 9.70. The third-order valence-corrected chi connectivity index (χ3v) is 4.88. The molecular formula is C22H21ClN2. The number of rotatable bonds is 6. The van der Waals surface area contributed by atoms with Crippen LogP contribution in [0.3, 0.4) is 0 Å². The number of hydrogen-bond donors (Lipinski definition) is 0. The summed E-state index contributed by atoms with van der Waals surface area (Å²) < 4.78 is 2.15. The number of benzene rings is 2. The van der Waals surface area contributed by atoms with Crippen LogP contribution in [0.5, 0.6) is 0 Å². The van der Waals surface area contributed by atoms with Crippen LogP contribution >= 0.6 is 11.6 Å². The summed E-state index contributed by atoms with van der Waals surface area (Å²) >= 11 is 6.38. The lowest BCUT2D eigenvalue weighted by Gasteiger charge is -2.18. The fraction of sp³-hybridized carbons (Fsp3) is 0.227. The summed E-state index contributed by atoms with van der Waals surface area (Å²) in [6.45, 7) is 6.95. The zero-order valence-electron chi connectivity index (χ0n) is 14.4. The van der Waals surface area contributed by atoms with Gasteiger partial charge in [-0.3, -0.25) is 0 Å². The first-order chi connectivity index (χ1) is 12.2. The molecular weight excluding hydrogens is 328 g/mol. The van der Waals surface area contributed by atoms with E-state index in [-0.39, 0.29) is 5.92 Å². The molecule has 0 aliphatic heterocycles. The number of fused-ring (bicyclic) bond motifs is 1. The Morgan fingerprint density at radius 1 is 1.12 bits per heavy atom. The fourth-order valence-electron chi connectivity index (χ4n) is 3.47. The topological polar surface area (TPSA) is 28.7 Å². The maximum Gasteiger partial charge on any atom is 0.128 e. The van der Waals surface area contributed by atoms with Gasteiger partial charge in [0.15, 0.2) is 0 Å². The minimum Gasteiger partial charge on any atom is -0.335 e. The molecule has 0 spiro atoms. The van der Waals surface area contributed by atoms with Crippen molar-refractivity contribution < 1.29 is 0 Å². The van der Waals surface area contributed by atoms with E-state index in [0.29, 0.717) is 5.03 Å². The second-order valence-corrected chi connectivity index (χ2v) is 6.70. The summed E-state index contributed by atoms with van der Waals surface area (Å²) in [4.78, 5) is 0. The molecule has 3 aromatic rings. The molecule has 0 N–H and O–H groups in total. The zero-order valence-corrected chi connectivity index (χ0v) is 15.1. The third kappa shape index (κ3) is 3.34. The molecule has 126 valence electrons. The van der Waals surface area contributed by atoms with Crippen LogP contribution < -0.4 is 0 Å². The monoisotopic (exact) mass is 348 g/mol. The van der Waals surface area contributed by atoms with E-state index in [1.807, 2.05) is 36.4 Å². The molecule has 0 fully saturated rings. The minimum atomic E-state index is 0.0170. The Bertz CT molecular complexity index is 932. The highest BCUT2D eigenvalue weighted by molar-refractivity contribution is 6.30. The molecule has 1 atom stereocenters. The van der Waals surface area contributed by atoms with Gasteiger partial charge in [0, 0.05) is 40.4 Å². The number of nitriles is 1. The van der Waals surface area contributed by atoms with Crippen LogP contribution in [0.15, 0.2) is 66.2 Å². The molecule has 0 aliphatic rings. The molecule has 0 radical (unpaired) electrons. The molecule has 3 rings (SSSR count). The summed E-state index contributed by atoms with van der Waals surface area (Å²) in [6, 6.07) is 20.7. The van der Waals surface area contributed by atoms with E-state index in [9.17, 15) is 5.26 Å². The Morgan fingerprint density at radius 2 is 1.76 bits per heavy atom. The normalized spacial score (nSPS) is 12.0. The van der Waals surface area contributed by atoms with Crippen LogP contribution in [0.1, 0.15) is 36.2 Å². The van der Waals surface area contributed by atoms with Crippen molar-refractivity contribution in [3.63, 3.8) is 0 Å². The lowest BCUT2D eigenvalue weighted by molar-refractivity contribution is 0.630. The van der Waals surface area contributed by atoms with Crippen molar-refractivity contribution in [2.24, 2.45) is 0 Å². The van der Waals surface area contributed by atoms with Gasteiger partial charge in [0.25, 0.3) is 0 Å². The third-order valence-electron chi connectivity index (χ3n) is 4.62. The van der Waals surface area contributed by atoms with Gasteiger partial charge >= 0.3 is 0 Å². The summed E-state index contributed by atoms with van der Waals surface area (Å²) in [5.74, 6) is 0.0170. The highest BCUT2D eigenvalue weighted by Gasteiger charge is 2.21. The molecule has 0 amide bonds. The summed E-state index contributed by atoms with van der Waals surface area (Å²) in [5.41, 5.74) is 3.04. The van der Waals surface area contributed by atoms with Gasteiger partial charge in [0.05, 0.1) is 0 Å². The van der Waals surface area contributed by atoms with Gasteiger partial charge in [-0.05, 0) is 12.0 Å². The lowest BCUT2D eigenvalue weighted by atomic mass is 9.93. The van der Waals surface area contributed by atoms with Crippen molar-refractivity contribution >= 4 is 22.4 Å². The van der Waals surface area contributed by atoms with Gasteiger partial charge in [0.1, 0.15) is 11.8 Å². The van der Waals surface area contributed by atoms with Gasteiger partial charge in [-0.15, -0.1) is 0 Å². The van der Waals surface area contributed by atoms with Gasteiger partial charge in [0.2, 0.25) is 0 Å². The predicted molar refractivity (Wildman–Crippen MR) is 105 cm³/mol. The average molecular weight is 349 g/mol. The molecule has 0 aliphatic carbocycles. The van der Waals surface area contributed by atoms with E-state index in [2.05, 4.69) is 42.3 Å². The molecule has 2 aromatic carbocycles. The largest absolute Gasteiger partial charge is 0.335 e. The van der Waals surface area contributed by atoms with Crippen LogP contribution in [-0.4, -0.2) is 4.57 Å². The van der Waals surface area contributed by atoms with Crippen molar-refractivity contribution in [3.05, 3.63) is 83.2 Å². The van der Waals surface area contributed by atoms with E-state index in [1.54, 1.807) is 0 Å². The van der Waals surface area contributed by atoms with E-state index < -0.39 is 0 Å². The first-order valence-corrected chi connectivity index (χ1v) is 8.94. The van der Waals surface area contributed by atoms with Gasteiger partial charge < -0.3 is 4.57 Å². The lowest BCUT2D eigenvalue weighted by Crippen LogP contribution is -2.10. The second-order valence-electron chi connectivity index (χ2n) is 6.22. The van der Waals surface area contributed by atoms with Crippen molar-refractivity contribution in [3.8, 4) is 6.07 Å². The van der Waals surface area contributed by atoms with E-state index >= 15 is 0 Å². The van der Waals surface area contributed by atoms with E-state index in [1.165, 1.54) is 0 Å². The molecule has 0 saturated heterocycles. The smallest absolute Gasteiger partial charge is 0.128 e. The molecule has 0 bridgehead atoms. The number of hydrogen-bond acceptors (Lipinski definition) is 1. The first kappa shape index (κ1) is 17.3. The highest BCUT2D eigenvalue weighted by Crippen LogP contribution is 2.34. The molecule has 3 heteroatoms. The van der Waals surface area contributed by atoms with E-state index in [0.717, 1.165) is 47.1 Å². The van der Waals surface area contributed by atoms with E-state index in [4.69, 9.17) is 11.6 Å². The van der Waals surface area contributed by atoms with Crippen molar-refractivity contribution in [2.45, 2.75) is 32.2 Å². The number of halogens is 1. The Hall–Kier alpha value is -2.50. The molecule has 25 heavy (non-hydrogen) atoms. The minimum absolute atomic E-state index is 0.0170. The average Bonchev–Trinajstić information content (AvgIpc) is 2.93. The van der Waals surface area contributed by atoms with Crippen molar-refractivity contribution in [1.82, 2.24) is 4.57 Å². The van der Waals surface area contributed by atoms with Gasteiger partial charge in [-0.1, -0.05) is 79.7 Å². The first-order valence-electron chi connectivity index (χ1n) is 8.56. The SMILES string of the molecule is C=C(Cl)C(Cc1c2ccccc2c(C#N)n1CCC)c1ccccc1. The summed E-state index contributed by atoms with van der Waals surface area (Å²) in [5, 5.41) is 12.5. The summed E-state index contributed by atoms with van der Waals surface area (Å²) in [6.07, 6.45) is 1.70. The van der Waals surface area contributed by atoms with Crippen molar-refractivity contribution in [2.75, 3.05) is 0 Å². The Balaban J connectivity index is 2.15. The number of aromatic nitrogens is 1. The Kier molecular flexibility index (Phi) is 5.26. The van der Waals surface area contributed by atoms with Crippen LogP contribution in [0.2, 0.25) is 0 Å². The zero-order chi connectivity index (χ0) is 17.8. The molecule has 1 aromatic heterocycles. The molecule has 0 saturated carbocycles. The maximum atomic E-state index is 9.70. The summed E-state index contributed by atoms with van der Waals surface area (Å²) in [7, 11) is 0. The Labute approximate surface area is 154 Å². The van der Waals surface area contributed by atoms with Gasteiger partial charge in [-0.25, -0.2) is 0 Å². The standard InChI is InChI=1S/C22H21ClN2/c1-3-13-25-21(18-11-7-8-12-19(18)22(25)15-24)14-20(16(2)23)17-9-5-4-6-10-17/h4-12,20H,2-3,13-14H2,1H3. The quantitative estimate of drug-likeness (QED) is 0.536.